The third kappa shape index (κ3) is 2.59. The zero-order valence-corrected chi connectivity index (χ0v) is 11.2. The molecule has 1 aromatic rings. The van der Waals surface area contributed by atoms with Crippen LogP contribution in [0.1, 0.15) is 41.4 Å². The van der Waals surface area contributed by atoms with Crippen molar-refractivity contribution in [1.29, 1.82) is 0 Å². The van der Waals surface area contributed by atoms with Crippen molar-refractivity contribution in [2.24, 2.45) is 0 Å². The van der Waals surface area contributed by atoms with Gasteiger partial charge in [0.2, 0.25) is 0 Å². The highest BCUT2D eigenvalue weighted by Gasteiger charge is 2.18. The van der Waals surface area contributed by atoms with Gasteiger partial charge >= 0.3 is 0 Å². The Morgan fingerprint density at radius 2 is 2.07 bits per heavy atom. The molecule has 0 radical (unpaired) electrons. The van der Waals surface area contributed by atoms with E-state index in [0.717, 1.165) is 47.8 Å². The van der Waals surface area contributed by atoms with Crippen LogP contribution in [0.3, 0.4) is 0 Å². The van der Waals surface area contributed by atoms with Gasteiger partial charge in [0.25, 0.3) is 0 Å². The van der Waals surface area contributed by atoms with Crippen molar-refractivity contribution < 1.29 is 9.21 Å². The molecule has 0 amide bonds. The Morgan fingerprint density at radius 1 is 1.40 bits per heavy atom. The number of carbonyl (C=O) groups is 1. The second kappa shape index (κ2) is 5.31. The van der Waals surface area contributed by atoms with Gasteiger partial charge in [0.15, 0.2) is 6.29 Å². The number of rotatable bonds is 5. The summed E-state index contributed by atoms with van der Waals surface area (Å²) >= 11 is 0. The largest absolute Gasteiger partial charge is 0.471 e. The van der Waals surface area contributed by atoms with Crippen LogP contribution < -0.4 is 5.38 Å². The summed E-state index contributed by atoms with van der Waals surface area (Å²) in [4.78, 5) is 11.0. The van der Waals surface area contributed by atoms with Gasteiger partial charge in [-0.25, -0.2) is 0 Å². The lowest BCUT2D eigenvalue weighted by atomic mass is 10.1. The molecule has 0 spiro atoms. The fourth-order valence-corrected chi connectivity index (χ4v) is 3.23. The molecule has 15 heavy (non-hydrogen) atoms. The van der Waals surface area contributed by atoms with Crippen LogP contribution in [0.5, 0.6) is 0 Å². The topological polar surface area (TPSA) is 30.2 Å². The summed E-state index contributed by atoms with van der Waals surface area (Å²) in [5, 5.41) is 1.10. The Morgan fingerprint density at radius 3 is 2.53 bits per heavy atom. The van der Waals surface area contributed by atoms with E-state index in [2.05, 4.69) is 20.0 Å². The maximum Gasteiger partial charge on any atom is 0.153 e. The van der Waals surface area contributed by atoms with Crippen LogP contribution in [-0.4, -0.2) is 15.1 Å². The highest BCUT2D eigenvalue weighted by Crippen LogP contribution is 2.16. The molecule has 1 heterocycles. The standard InChI is InChI=1S/C12H20O2Si/c1-5-6-7-11-10(8-13)9(2)12(14-11)15(3)4/h8,15H,5-7H2,1-4H3. The minimum absolute atomic E-state index is 0.805. The number of aldehydes is 1. The van der Waals surface area contributed by atoms with Crippen LogP contribution in [0.4, 0.5) is 0 Å². The van der Waals surface area contributed by atoms with E-state index in [1.807, 2.05) is 6.92 Å². The summed E-state index contributed by atoms with van der Waals surface area (Å²) in [5.74, 6) is 0.903. The van der Waals surface area contributed by atoms with Gasteiger partial charge < -0.3 is 4.42 Å². The van der Waals surface area contributed by atoms with Crippen molar-refractivity contribution in [3.05, 3.63) is 16.9 Å². The first-order valence-corrected chi connectivity index (χ1v) is 8.57. The Balaban J connectivity index is 3.04. The normalized spacial score (nSPS) is 11.0. The maximum atomic E-state index is 11.0. The minimum atomic E-state index is -0.949. The molecule has 2 nitrogen and oxygen atoms in total. The number of unbranched alkanes of at least 4 members (excludes halogenated alkanes) is 1. The van der Waals surface area contributed by atoms with Gasteiger partial charge in [-0.3, -0.25) is 4.79 Å². The highest BCUT2D eigenvalue weighted by atomic mass is 28.3. The van der Waals surface area contributed by atoms with E-state index in [4.69, 9.17) is 4.42 Å². The van der Waals surface area contributed by atoms with Crippen LogP contribution in [0, 0.1) is 6.92 Å². The fraction of sp³-hybridized carbons (Fsp3) is 0.583. The van der Waals surface area contributed by atoms with E-state index in [1.165, 1.54) is 0 Å². The number of furan rings is 1. The summed E-state index contributed by atoms with van der Waals surface area (Å²) in [5.41, 5.74) is 1.89. The van der Waals surface area contributed by atoms with E-state index >= 15 is 0 Å². The van der Waals surface area contributed by atoms with Crippen LogP contribution >= 0.6 is 0 Å². The summed E-state index contributed by atoms with van der Waals surface area (Å²) in [6, 6.07) is 0. The Hall–Kier alpha value is -0.833. The second-order valence-corrected chi connectivity index (χ2v) is 7.14. The SMILES string of the molecule is CCCCc1oc([SiH](C)C)c(C)c1C=O. The smallest absolute Gasteiger partial charge is 0.153 e. The lowest BCUT2D eigenvalue weighted by Crippen LogP contribution is -2.23. The van der Waals surface area contributed by atoms with Crippen LogP contribution in [0.15, 0.2) is 4.42 Å². The molecule has 0 aliphatic carbocycles. The lowest BCUT2D eigenvalue weighted by molar-refractivity contribution is 0.112. The predicted molar refractivity (Wildman–Crippen MR) is 66.0 cm³/mol. The first kappa shape index (κ1) is 12.2. The lowest BCUT2D eigenvalue weighted by Gasteiger charge is -1.99. The molecule has 84 valence electrons. The molecule has 0 saturated carbocycles. The first-order valence-electron chi connectivity index (χ1n) is 5.69. The monoisotopic (exact) mass is 224 g/mol. The third-order valence-corrected chi connectivity index (χ3v) is 4.31. The van der Waals surface area contributed by atoms with Gasteiger partial charge in [-0.1, -0.05) is 26.4 Å². The maximum absolute atomic E-state index is 11.0. The van der Waals surface area contributed by atoms with E-state index in [9.17, 15) is 4.79 Å². The van der Waals surface area contributed by atoms with E-state index in [1.54, 1.807) is 0 Å². The minimum Gasteiger partial charge on any atom is -0.471 e. The average molecular weight is 224 g/mol. The van der Waals surface area contributed by atoms with Crippen molar-refractivity contribution in [1.82, 2.24) is 0 Å². The molecular formula is C12H20O2Si. The summed E-state index contributed by atoms with van der Waals surface area (Å²) in [6.07, 6.45) is 4.07. The van der Waals surface area contributed by atoms with Crippen LogP contribution in [-0.2, 0) is 6.42 Å². The fourth-order valence-electron chi connectivity index (χ4n) is 1.83. The average Bonchev–Trinajstić information content (AvgIpc) is 2.52. The quantitative estimate of drug-likeness (QED) is 0.568. The molecule has 0 aliphatic heterocycles. The van der Waals surface area contributed by atoms with Gasteiger partial charge in [0.05, 0.1) is 10.9 Å². The van der Waals surface area contributed by atoms with Gasteiger partial charge in [0.1, 0.15) is 14.6 Å². The zero-order chi connectivity index (χ0) is 11.4. The van der Waals surface area contributed by atoms with Crippen LogP contribution in [0.2, 0.25) is 13.1 Å². The van der Waals surface area contributed by atoms with Crippen molar-refractivity contribution in [2.75, 3.05) is 0 Å². The van der Waals surface area contributed by atoms with Crippen molar-refractivity contribution in [2.45, 2.75) is 46.2 Å². The van der Waals surface area contributed by atoms with Crippen molar-refractivity contribution in [3.63, 3.8) is 0 Å². The van der Waals surface area contributed by atoms with Gasteiger partial charge in [0, 0.05) is 6.42 Å². The van der Waals surface area contributed by atoms with Gasteiger partial charge in [-0.2, -0.15) is 0 Å². The Labute approximate surface area is 93.3 Å². The summed E-state index contributed by atoms with van der Waals surface area (Å²) < 4.78 is 5.83. The first-order chi connectivity index (χ1) is 7.11. The molecule has 0 bridgehead atoms. The second-order valence-electron chi connectivity index (χ2n) is 4.30. The molecule has 0 atom stereocenters. The van der Waals surface area contributed by atoms with Gasteiger partial charge in [-0.15, -0.1) is 0 Å². The van der Waals surface area contributed by atoms with E-state index in [0.29, 0.717) is 0 Å². The Kier molecular flexibility index (Phi) is 4.33. The molecule has 0 fully saturated rings. The molecule has 1 rings (SSSR count). The predicted octanol–water partition coefficient (Wildman–Crippen LogP) is 2.44. The molecule has 0 aromatic carbocycles. The number of aryl methyl sites for hydroxylation is 1. The van der Waals surface area contributed by atoms with Crippen molar-refractivity contribution in [3.8, 4) is 0 Å². The summed E-state index contributed by atoms with van der Waals surface area (Å²) in [7, 11) is -0.949. The third-order valence-electron chi connectivity index (χ3n) is 2.71. The number of carbonyl (C=O) groups excluding carboxylic acids is 1. The van der Waals surface area contributed by atoms with E-state index < -0.39 is 8.80 Å². The summed E-state index contributed by atoms with van der Waals surface area (Å²) in [6.45, 7) is 8.60. The molecule has 0 saturated heterocycles. The van der Waals surface area contributed by atoms with E-state index in [-0.39, 0.29) is 0 Å². The van der Waals surface area contributed by atoms with Crippen molar-refractivity contribution >= 4 is 20.5 Å². The van der Waals surface area contributed by atoms with Gasteiger partial charge in [-0.05, 0) is 18.9 Å². The molecule has 0 unspecified atom stereocenters. The molecule has 0 N–H and O–H groups in total. The number of hydrogen-bond donors (Lipinski definition) is 0. The molecule has 0 aliphatic rings. The highest BCUT2D eigenvalue weighted by molar-refractivity contribution is 6.70. The zero-order valence-electron chi connectivity index (χ0n) is 10.1. The van der Waals surface area contributed by atoms with Crippen LogP contribution in [0.25, 0.3) is 0 Å². The molecule has 3 heteroatoms. The number of hydrogen-bond acceptors (Lipinski definition) is 2. The Bertz CT molecular complexity index is 340. The molecular weight excluding hydrogens is 204 g/mol. The molecule has 1 aromatic heterocycles.